The molecule has 2 heterocycles. The highest BCUT2D eigenvalue weighted by Crippen LogP contribution is 2.23. The van der Waals surface area contributed by atoms with Gasteiger partial charge < -0.3 is 0 Å². The van der Waals surface area contributed by atoms with E-state index in [0.717, 1.165) is 22.8 Å². The molecule has 2 rings (SSSR count). The molecule has 3 heteroatoms. The van der Waals surface area contributed by atoms with Crippen molar-refractivity contribution in [2.45, 2.75) is 33.6 Å². The number of rotatable bonds is 2. The van der Waals surface area contributed by atoms with Crippen LogP contribution in [-0.2, 0) is 0 Å². The van der Waals surface area contributed by atoms with Crippen LogP contribution >= 0.6 is 0 Å². The molecule has 2 aromatic heterocycles. The summed E-state index contributed by atoms with van der Waals surface area (Å²) < 4.78 is 0. The Kier molecular flexibility index (Phi) is 3.18. The van der Waals surface area contributed by atoms with E-state index < -0.39 is 0 Å². The zero-order valence-corrected chi connectivity index (χ0v) is 10.7. The molecule has 0 aliphatic heterocycles. The lowest BCUT2D eigenvalue weighted by molar-refractivity contribution is 0.814. The van der Waals surface area contributed by atoms with Gasteiger partial charge in [-0.2, -0.15) is 0 Å². The van der Waals surface area contributed by atoms with Crippen molar-refractivity contribution in [2.24, 2.45) is 0 Å². The molecule has 17 heavy (non-hydrogen) atoms. The van der Waals surface area contributed by atoms with Crippen LogP contribution in [0.2, 0.25) is 0 Å². The van der Waals surface area contributed by atoms with Crippen LogP contribution in [0.25, 0.3) is 11.4 Å². The molecule has 0 radical (unpaired) electrons. The fourth-order valence-corrected chi connectivity index (χ4v) is 2.19. The Morgan fingerprint density at radius 1 is 0.941 bits per heavy atom. The third kappa shape index (κ3) is 2.33. The molecular formula is C14H17N3. The Morgan fingerprint density at radius 2 is 1.47 bits per heavy atom. The van der Waals surface area contributed by atoms with Crippen LogP contribution < -0.4 is 0 Å². The van der Waals surface area contributed by atoms with E-state index in [1.807, 2.05) is 12.1 Å². The normalized spacial score (nSPS) is 10.9. The molecule has 0 bridgehead atoms. The molecule has 88 valence electrons. The minimum atomic E-state index is 0.460. The highest BCUT2D eigenvalue weighted by atomic mass is 14.9. The lowest BCUT2D eigenvalue weighted by Crippen LogP contribution is -2.04. The number of aryl methyl sites for hydroxylation is 2. The van der Waals surface area contributed by atoms with E-state index in [-0.39, 0.29) is 0 Å². The lowest BCUT2D eigenvalue weighted by Gasteiger charge is -2.13. The summed E-state index contributed by atoms with van der Waals surface area (Å²) in [4.78, 5) is 13.2. The van der Waals surface area contributed by atoms with Gasteiger partial charge in [-0.3, -0.25) is 4.98 Å². The summed E-state index contributed by atoms with van der Waals surface area (Å²) in [5.74, 6) is 1.24. The van der Waals surface area contributed by atoms with E-state index in [9.17, 15) is 0 Å². The summed E-state index contributed by atoms with van der Waals surface area (Å²) in [5.41, 5.74) is 4.41. The second-order valence-corrected chi connectivity index (χ2v) is 4.52. The van der Waals surface area contributed by atoms with Crippen molar-refractivity contribution in [3.05, 3.63) is 41.5 Å². The predicted molar refractivity (Wildman–Crippen MR) is 68.8 cm³/mol. The Hall–Kier alpha value is -1.77. The van der Waals surface area contributed by atoms with Crippen molar-refractivity contribution in [3.63, 3.8) is 0 Å². The van der Waals surface area contributed by atoms with E-state index >= 15 is 0 Å². The highest BCUT2D eigenvalue weighted by Gasteiger charge is 2.12. The maximum Gasteiger partial charge on any atom is 0.159 e. The van der Waals surface area contributed by atoms with Crippen molar-refractivity contribution in [2.75, 3.05) is 0 Å². The van der Waals surface area contributed by atoms with E-state index in [1.54, 1.807) is 12.4 Å². The first-order valence-corrected chi connectivity index (χ1v) is 5.85. The molecule has 0 aromatic carbocycles. The number of nitrogens with zero attached hydrogens (tertiary/aromatic N) is 3. The van der Waals surface area contributed by atoms with Crippen LogP contribution in [0.5, 0.6) is 0 Å². The van der Waals surface area contributed by atoms with Gasteiger partial charge in [0.1, 0.15) is 0 Å². The summed E-state index contributed by atoms with van der Waals surface area (Å²) in [6, 6.07) is 3.87. The zero-order chi connectivity index (χ0) is 12.4. The van der Waals surface area contributed by atoms with Gasteiger partial charge in [-0.05, 0) is 37.5 Å². The van der Waals surface area contributed by atoms with Crippen LogP contribution in [0.1, 0.15) is 36.7 Å². The topological polar surface area (TPSA) is 38.7 Å². The largest absolute Gasteiger partial charge is 0.265 e. The van der Waals surface area contributed by atoms with Crippen molar-refractivity contribution in [1.29, 1.82) is 0 Å². The van der Waals surface area contributed by atoms with Gasteiger partial charge >= 0.3 is 0 Å². The molecule has 0 aliphatic carbocycles. The number of pyridine rings is 1. The molecule has 0 spiro atoms. The highest BCUT2D eigenvalue weighted by molar-refractivity contribution is 5.54. The van der Waals surface area contributed by atoms with Gasteiger partial charge in [-0.25, -0.2) is 9.97 Å². The molecule has 2 aromatic rings. The molecule has 0 aliphatic rings. The first-order valence-electron chi connectivity index (χ1n) is 5.85. The SMILES string of the molecule is Cc1nc(-c2ccncc2)nc(C)c1C(C)C. The van der Waals surface area contributed by atoms with E-state index in [1.165, 1.54) is 5.56 Å². The van der Waals surface area contributed by atoms with Crippen molar-refractivity contribution >= 4 is 0 Å². The Morgan fingerprint density at radius 3 is 1.94 bits per heavy atom. The van der Waals surface area contributed by atoms with Crippen LogP contribution in [-0.4, -0.2) is 15.0 Å². The molecule has 0 unspecified atom stereocenters. The fraction of sp³-hybridized carbons (Fsp3) is 0.357. The first-order chi connectivity index (χ1) is 8.09. The second kappa shape index (κ2) is 4.62. The zero-order valence-electron chi connectivity index (χ0n) is 10.7. The third-order valence-electron chi connectivity index (χ3n) is 2.84. The summed E-state index contributed by atoms with van der Waals surface area (Å²) >= 11 is 0. The van der Waals surface area contributed by atoms with E-state index in [0.29, 0.717) is 5.92 Å². The Balaban J connectivity index is 2.53. The minimum absolute atomic E-state index is 0.460. The Bertz CT molecular complexity index is 495. The summed E-state index contributed by atoms with van der Waals surface area (Å²) in [5, 5.41) is 0. The predicted octanol–water partition coefficient (Wildman–Crippen LogP) is 3.28. The maximum absolute atomic E-state index is 4.59. The lowest BCUT2D eigenvalue weighted by atomic mass is 10.00. The summed E-state index contributed by atoms with van der Waals surface area (Å²) in [7, 11) is 0. The number of aromatic nitrogens is 3. The molecule has 0 atom stereocenters. The van der Waals surface area contributed by atoms with Gasteiger partial charge in [-0.15, -0.1) is 0 Å². The maximum atomic E-state index is 4.59. The molecule has 0 N–H and O–H groups in total. The molecule has 0 amide bonds. The van der Waals surface area contributed by atoms with Gasteiger partial charge in [0, 0.05) is 29.3 Å². The first kappa shape index (κ1) is 11.7. The molecule has 3 nitrogen and oxygen atoms in total. The minimum Gasteiger partial charge on any atom is -0.265 e. The van der Waals surface area contributed by atoms with Crippen LogP contribution in [0.3, 0.4) is 0 Å². The van der Waals surface area contributed by atoms with Crippen LogP contribution in [0, 0.1) is 13.8 Å². The van der Waals surface area contributed by atoms with E-state index in [4.69, 9.17) is 0 Å². The fourth-order valence-electron chi connectivity index (χ4n) is 2.19. The van der Waals surface area contributed by atoms with Gasteiger partial charge in [-0.1, -0.05) is 13.8 Å². The van der Waals surface area contributed by atoms with Gasteiger partial charge in [0.05, 0.1) is 0 Å². The molecule has 0 saturated carbocycles. The summed E-state index contributed by atoms with van der Waals surface area (Å²) in [6.45, 7) is 8.44. The van der Waals surface area contributed by atoms with Gasteiger partial charge in [0.25, 0.3) is 0 Å². The van der Waals surface area contributed by atoms with Crippen LogP contribution in [0.4, 0.5) is 0 Å². The Labute approximate surface area is 102 Å². The second-order valence-electron chi connectivity index (χ2n) is 4.52. The van der Waals surface area contributed by atoms with E-state index in [2.05, 4.69) is 42.6 Å². The molecule has 0 fully saturated rings. The third-order valence-corrected chi connectivity index (χ3v) is 2.84. The smallest absolute Gasteiger partial charge is 0.159 e. The van der Waals surface area contributed by atoms with Crippen LogP contribution in [0.15, 0.2) is 24.5 Å². The van der Waals surface area contributed by atoms with Crippen molar-refractivity contribution in [1.82, 2.24) is 15.0 Å². The van der Waals surface area contributed by atoms with Crippen molar-refractivity contribution < 1.29 is 0 Å². The monoisotopic (exact) mass is 227 g/mol. The summed E-state index contributed by atoms with van der Waals surface area (Å²) in [6.07, 6.45) is 3.53. The number of hydrogen-bond acceptors (Lipinski definition) is 3. The molecule has 0 saturated heterocycles. The van der Waals surface area contributed by atoms with Crippen molar-refractivity contribution in [3.8, 4) is 11.4 Å². The number of hydrogen-bond donors (Lipinski definition) is 0. The molecular weight excluding hydrogens is 210 g/mol. The standard InChI is InChI=1S/C14H17N3/c1-9(2)13-10(3)16-14(17-11(13)4)12-5-7-15-8-6-12/h5-9H,1-4H3. The van der Waals surface area contributed by atoms with Gasteiger partial charge in [0.2, 0.25) is 0 Å². The average molecular weight is 227 g/mol. The average Bonchev–Trinajstić information content (AvgIpc) is 2.28. The van der Waals surface area contributed by atoms with Gasteiger partial charge in [0.15, 0.2) is 5.82 Å². The quantitative estimate of drug-likeness (QED) is 0.790.